The highest BCUT2D eigenvalue weighted by molar-refractivity contribution is 7.26. The monoisotopic (exact) mass is 442 g/mol. The molecule has 0 radical (unpaired) electrons. The maximum atomic E-state index is 13.4. The SMILES string of the molecule is Cc1nnc2sc3c(N4CC[C@H](Oc5ccc(C(C)(F)F)cn5)C4)ncnc3c2c1C. The second-order valence-electron chi connectivity index (χ2n) is 7.82. The predicted molar refractivity (Wildman–Crippen MR) is 115 cm³/mol. The van der Waals surface area contributed by atoms with Gasteiger partial charge in [-0.3, -0.25) is 0 Å². The Morgan fingerprint density at radius 3 is 2.74 bits per heavy atom. The maximum absolute atomic E-state index is 13.4. The Morgan fingerprint density at radius 1 is 1.16 bits per heavy atom. The van der Waals surface area contributed by atoms with Crippen LogP contribution in [0.2, 0.25) is 0 Å². The fourth-order valence-corrected chi connectivity index (χ4v) is 4.94. The normalized spacial score (nSPS) is 17.1. The summed E-state index contributed by atoms with van der Waals surface area (Å²) in [5, 5.41) is 9.60. The van der Waals surface area contributed by atoms with E-state index in [0.717, 1.165) is 57.4 Å². The van der Waals surface area contributed by atoms with Gasteiger partial charge in [-0.25, -0.2) is 23.7 Å². The average molecular weight is 442 g/mol. The molecule has 0 spiro atoms. The molecule has 0 saturated carbocycles. The van der Waals surface area contributed by atoms with E-state index in [1.54, 1.807) is 17.7 Å². The Labute approximate surface area is 181 Å². The molecule has 1 atom stereocenters. The summed E-state index contributed by atoms with van der Waals surface area (Å²) in [5.41, 5.74) is 2.73. The van der Waals surface area contributed by atoms with E-state index in [2.05, 4.69) is 30.0 Å². The third kappa shape index (κ3) is 3.54. The van der Waals surface area contributed by atoms with Crippen LogP contribution in [-0.2, 0) is 5.92 Å². The van der Waals surface area contributed by atoms with Gasteiger partial charge in [0.05, 0.1) is 22.5 Å². The zero-order valence-electron chi connectivity index (χ0n) is 17.3. The minimum atomic E-state index is -2.92. The highest BCUT2D eigenvalue weighted by atomic mass is 32.1. The zero-order chi connectivity index (χ0) is 21.8. The van der Waals surface area contributed by atoms with E-state index in [-0.39, 0.29) is 11.7 Å². The largest absolute Gasteiger partial charge is 0.472 e. The lowest BCUT2D eigenvalue weighted by molar-refractivity contribution is 0.0170. The van der Waals surface area contributed by atoms with Gasteiger partial charge in [0.15, 0.2) is 0 Å². The van der Waals surface area contributed by atoms with E-state index in [9.17, 15) is 8.78 Å². The van der Waals surface area contributed by atoms with Gasteiger partial charge in [-0.15, -0.1) is 16.4 Å². The number of nitrogens with zero attached hydrogens (tertiary/aromatic N) is 6. The van der Waals surface area contributed by atoms with Crippen LogP contribution in [0.1, 0.15) is 30.2 Å². The molecule has 10 heteroatoms. The van der Waals surface area contributed by atoms with Crippen molar-refractivity contribution >= 4 is 37.6 Å². The molecule has 160 valence electrons. The van der Waals surface area contributed by atoms with Crippen LogP contribution in [0.15, 0.2) is 24.7 Å². The van der Waals surface area contributed by atoms with Crippen molar-refractivity contribution < 1.29 is 13.5 Å². The number of rotatable bonds is 4. The molecule has 31 heavy (non-hydrogen) atoms. The summed E-state index contributed by atoms with van der Waals surface area (Å²) in [5.74, 6) is -1.72. The lowest BCUT2D eigenvalue weighted by Crippen LogP contribution is -2.25. The number of alkyl halides is 2. The summed E-state index contributed by atoms with van der Waals surface area (Å²) in [7, 11) is 0. The van der Waals surface area contributed by atoms with Crippen LogP contribution >= 0.6 is 11.3 Å². The number of aromatic nitrogens is 5. The van der Waals surface area contributed by atoms with Gasteiger partial charge in [0, 0.05) is 43.1 Å². The fourth-order valence-electron chi connectivity index (χ4n) is 3.79. The van der Waals surface area contributed by atoms with Crippen LogP contribution in [0.3, 0.4) is 0 Å². The molecule has 1 aliphatic rings. The van der Waals surface area contributed by atoms with Gasteiger partial charge < -0.3 is 9.64 Å². The number of hydrogen-bond acceptors (Lipinski definition) is 8. The molecule has 0 unspecified atom stereocenters. The van der Waals surface area contributed by atoms with Crippen LogP contribution in [0, 0.1) is 13.8 Å². The smallest absolute Gasteiger partial charge is 0.272 e. The molecule has 4 aromatic rings. The Morgan fingerprint density at radius 2 is 2.00 bits per heavy atom. The minimum absolute atomic E-state index is 0.108. The second kappa shape index (κ2) is 7.30. The molecular formula is C21H20F2N6OS. The maximum Gasteiger partial charge on any atom is 0.272 e. The predicted octanol–water partition coefficient (Wildman–Crippen LogP) is 4.42. The first-order valence-electron chi connectivity index (χ1n) is 9.94. The van der Waals surface area contributed by atoms with Crippen molar-refractivity contribution in [3.05, 3.63) is 41.5 Å². The Balaban J connectivity index is 1.39. The molecule has 0 bridgehead atoms. The summed E-state index contributed by atoms with van der Waals surface area (Å²) in [6.07, 6.45) is 3.42. The second-order valence-corrected chi connectivity index (χ2v) is 8.81. The Kier molecular flexibility index (Phi) is 4.69. The Hall–Kier alpha value is -3.01. The van der Waals surface area contributed by atoms with Crippen molar-refractivity contribution in [1.29, 1.82) is 0 Å². The molecule has 5 rings (SSSR count). The number of fused-ring (bicyclic) bond motifs is 3. The quantitative estimate of drug-likeness (QED) is 0.463. The van der Waals surface area contributed by atoms with Crippen molar-refractivity contribution in [2.45, 2.75) is 39.2 Å². The third-order valence-electron chi connectivity index (χ3n) is 5.62. The summed E-state index contributed by atoms with van der Waals surface area (Å²) in [6.45, 7) is 6.21. The summed E-state index contributed by atoms with van der Waals surface area (Å²) >= 11 is 1.54. The average Bonchev–Trinajstić information content (AvgIpc) is 3.35. The highest BCUT2D eigenvalue weighted by Crippen LogP contribution is 2.38. The number of ether oxygens (including phenoxy) is 1. The van der Waals surface area contributed by atoms with E-state index in [4.69, 9.17) is 4.74 Å². The lowest BCUT2D eigenvalue weighted by Gasteiger charge is -2.18. The first-order chi connectivity index (χ1) is 14.8. The standard InChI is InChI=1S/C21H20F2N6OS/c1-11-12(2)27-28-20-16(11)17-18(31-20)19(26-10-25-17)29-7-6-14(9-29)30-15-5-4-13(8-24-15)21(3,22)23/h4-5,8,10,14H,6-7,9H2,1-3H3/t14-/m0/s1. The van der Waals surface area contributed by atoms with Gasteiger partial charge in [-0.2, -0.15) is 5.10 Å². The fraction of sp³-hybridized carbons (Fsp3) is 0.381. The van der Waals surface area contributed by atoms with Gasteiger partial charge >= 0.3 is 0 Å². The van der Waals surface area contributed by atoms with E-state index in [0.29, 0.717) is 12.4 Å². The summed E-state index contributed by atoms with van der Waals surface area (Å²) < 4.78 is 33.7. The van der Waals surface area contributed by atoms with Crippen LogP contribution in [0.5, 0.6) is 5.88 Å². The molecule has 5 heterocycles. The number of pyridine rings is 1. The van der Waals surface area contributed by atoms with Crippen molar-refractivity contribution in [2.75, 3.05) is 18.0 Å². The first kappa shape index (κ1) is 19.9. The van der Waals surface area contributed by atoms with Crippen LogP contribution in [0.4, 0.5) is 14.6 Å². The van der Waals surface area contributed by atoms with Crippen LogP contribution in [0.25, 0.3) is 20.4 Å². The third-order valence-corrected chi connectivity index (χ3v) is 6.68. The van der Waals surface area contributed by atoms with Crippen molar-refractivity contribution in [3.8, 4) is 5.88 Å². The highest BCUT2D eigenvalue weighted by Gasteiger charge is 2.29. The number of hydrogen-bond donors (Lipinski definition) is 0. The molecule has 0 aromatic carbocycles. The number of aryl methyl sites for hydroxylation is 2. The van der Waals surface area contributed by atoms with Gasteiger partial charge in [-0.1, -0.05) is 0 Å². The molecule has 0 N–H and O–H groups in total. The van der Waals surface area contributed by atoms with Gasteiger partial charge in [0.1, 0.15) is 23.1 Å². The number of halogens is 2. The van der Waals surface area contributed by atoms with E-state index < -0.39 is 5.92 Å². The van der Waals surface area contributed by atoms with Crippen molar-refractivity contribution in [2.24, 2.45) is 0 Å². The van der Waals surface area contributed by atoms with Gasteiger partial charge in [0.2, 0.25) is 5.88 Å². The molecule has 4 aromatic heterocycles. The molecule has 0 amide bonds. The Bertz CT molecular complexity index is 1270. The van der Waals surface area contributed by atoms with Crippen LogP contribution in [-0.4, -0.2) is 44.3 Å². The summed E-state index contributed by atoms with van der Waals surface area (Å²) in [6, 6.07) is 2.85. The van der Waals surface area contributed by atoms with E-state index in [1.165, 1.54) is 18.3 Å². The van der Waals surface area contributed by atoms with Crippen molar-refractivity contribution in [3.63, 3.8) is 0 Å². The molecule has 1 aliphatic heterocycles. The number of thiophene rings is 1. The lowest BCUT2D eigenvalue weighted by atomic mass is 10.1. The molecule has 1 fully saturated rings. The molecule has 7 nitrogen and oxygen atoms in total. The van der Waals surface area contributed by atoms with Gasteiger partial charge in [-0.05, 0) is 25.5 Å². The summed E-state index contributed by atoms with van der Waals surface area (Å²) in [4.78, 5) is 16.1. The molecule has 0 aliphatic carbocycles. The molecule has 1 saturated heterocycles. The zero-order valence-corrected chi connectivity index (χ0v) is 18.1. The topological polar surface area (TPSA) is 76.9 Å². The van der Waals surface area contributed by atoms with E-state index in [1.807, 2.05) is 13.8 Å². The van der Waals surface area contributed by atoms with Crippen LogP contribution < -0.4 is 9.64 Å². The minimum Gasteiger partial charge on any atom is -0.472 e. The van der Waals surface area contributed by atoms with Gasteiger partial charge in [0.25, 0.3) is 5.92 Å². The first-order valence-corrected chi connectivity index (χ1v) is 10.8. The molecular weight excluding hydrogens is 422 g/mol. The van der Waals surface area contributed by atoms with E-state index >= 15 is 0 Å². The van der Waals surface area contributed by atoms with Crippen molar-refractivity contribution in [1.82, 2.24) is 25.1 Å². The number of anilines is 1.